The molecule has 4 aromatic rings. The number of anilines is 2. The fourth-order valence-electron chi connectivity index (χ4n) is 3.11. The lowest BCUT2D eigenvalue weighted by Crippen LogP contribution is -1.95. The lowest BCUT2D eigenvalue weighted by molar-refractivity contribution is 1.52. The van der Waals surface area contributed by atoms with Crippen LogP contribution in [0.3, 0.4) is 0 Å². The van der Waals surface area contributed by atoms with Crippen molar-refractivity contribution in [2.45, 2.75) is 0 Å². The van der Waals surface area contributed by atoms with Crippen LogP contribution < -0.4 is 5.32 Å². The summed E-state index contributed by atoms with van der Waals surface area (Å²) in [7, 11) is 0. The van der Waals surface area contributed by atoms with Gasteiger partial charge in [0.2, 0.25) is 0 Å². The number of fused-ring (bicyclic) bond motifs is 1. The molecule has 120 valence electrons. The van der Waals surface area contributed by atoms with Crippen molar-refractivity contribution in [1.82, 2.24) is 0 Å². The lowest BCUT2D eigenvalue weighted by Gasteiger charge is -2.15. The minimum Gasteiger partial charge on any atom is -0.355 e. The number of hydrogen-bond donors (Lipinski definition) is 2. The Morgan fingerprint density at radius 1 is 0.680 bits per heavy atom. The second-order valence-electron chi connectivity index (χ2n) is 5.97. The topological polar surface area (TPSA) is 35.9 Å². The number of hydrogen-bond acceptors (Lipinski definition) is 2. The molecule has 0 spiro atoms. The van der Waals surface area contributed by atoms with Crippen molar-refractivity contribution in [3.8, 4) is 11.1 Å². The molecule has 0 aliphatic heterocycles. The second kappa shape index (κ2) is 6.62. The largest absolute Gasteiger partial charge is 0.355 e. The molecule has 0 unspecified atom stereocenters. The van der Waals surface area contributed by atoms with Crippen LogP contribution >= 0.6 is 0 Å². The molecular formula is C23H18N2. The van der Waals surface area contributed by atoms with Gasteiger partial charge in [-0.3, -0.25) is 0 Å². The molecule has 4 rings (SSSR count). The van der Waals surface area contributed by atoms with Crippen molar-refractivity contribution in [3.63, 3.8) is 0 Å². The van der Waals surface area contributed by atoms with Gasteiger partial charge in [0.25, 0.3) is 0 Å². The molecule has 0 amide bonds. The molecule has 2 N–H and O–H groups in total. The van der Waals surface area contributed by atoms with E-state index in [-0.39, 0.29) is 0 Å². The van der Waals surface area contributed by atoms with Crippen molar-refractivity contribution in [3.05, 3.63) is 96.6 Å². The Morgan fingerprint density at radius 2 is 1.40 bits per heavy atom. The summed E-state index contributed by atoms with van der Waals surface area (Å²) < 4.78 is 0. The molecule has 0 heterocycles. The lowest BCUT2D eigenvalue weighted by atomic mass is 9.96. The van der Waals surface area contributed by atoms with Crippen LogP contribution in [-0.4, -0.2) is 6.21 Å². The third kappa shape index (κ3) is 3.02. The first-order chi connectivity index (χ1) is 12.3. The number of rotatable bonds is 4. The average Bonchev–Trinajstić information content (AvgIpc) is 2.69. The summed E-state index contributed by atoms with van der Waals surface area (Å²) in [6, 6.07) is 31.1. The standard InChI is InChI=1S/C23H18N2/c24-16-17-10-13-20(14-11-17)25-22-15-12-18-6-4-5-9-21(18)23(22)19-7-2-1-3-8-19/h1-16,24-25H. The predicted octanol–water partition coefficient (Wildman–Crippen LogP) is 6.25. The molecule has 0 aliphatic carbocycles. The molecule has 0 saturated carbocycles. The molecule has 0 aromatic heterocycles. The fourth-order valence-corrected chi connectivity index (χ4v) is 3.11. The van der Waals surface area contributed by atoms with Crippen LogP contribution in [0.2, 0.25) is 0 Å². The van der Waals surface area contributed by atoms with Crippen molar-refractivity contribution in [1.29, 1.82) is 5.41 Å². The summed E-state index contributed by atoms with van der Waals surface area (Å²) in [5.41, 5.74) is 5.38. The van der Waals surface area contributed by atoms with Gasteiger partial charge in [0.15, 0.2) is 0 Å². The summed E-state index contributed by atoms with van der Waals surface area (Å²) in [5, 5.41) is 13.3. The highest BCUT2D eigenvalue weighted by Crippen LogP contribution is 2.36. The average molecular weight is 322 g/mol. The highest BCUT2D eigenvalue weighted by molar-refractivity contribution is 6.03. The third-order valence-corrected chi connectivity index (χ3v) is 4.35. The Hall–Kier alpha value is -3.39. The van der Waals surface area contributed by atoms with Gasteiger partial charge in [0.05, 0.1) is 0 Å². The van der Waals surface area contributed by atoms with E-state index >= 15 is 0 Å². The van der Waals surface area contributed by atoms with Crippen molar-refractivity contribution in [2.75, 3.05) is 5.32 Å². The van der Waals surface area contributed by atoms with Gasteiger partial charge in [-0.25, -0.2) is 0 Å². The minimum atomic E-state index is 0.896. The quantitative estimate of drug-likeness (QED) is 0.428. The minimum absolute atomic E-state index is 0.896. The molecule has 2 heteroatoms. The highest BCUT2D eigenvalue weighted by Gasteiger charge is 2.10. The Labute approximate surface area is 147 Å². The van der Waals surface area contributed by atoms with Crippen LogP contribution in [0.1, 0.15) is 5.56 Å². The molecule has 0 atom stereocenters. The van der Waals surface area contributed by atoms with Gasteiger partial charge in [-0.15, -0.1) is 0 Å². The molecule has 25 heavy (non-hydrogen) atoms. The molecule has 2 nitrogen and oxygen atoms in total. The number of benzene rings is 4. The van der Waals surface area contributed by atoms with Gasteiger partial charge in [-0.05, 0) is 40.1 Å². The van der Waals surface area contributed by atoms with Crippen LogP contribution in [0.4, 0.5) is 11.4 Å². The van der Waals surface area contributed by atoms with Gasteiger partial charge in [0, 0.05) is 23.2 Å². The molecule has 4 aromatic carbocycles. The Balaban J connectivity index is 1.86. The monoisotopic (exact) mass is 322 g/mol. The molecule has 0 fully saturated rings. The predicted molar refractivity (Wildman–Crippen MR) is 107 cm³/mol. The van der Waals surface area contributed by atoms with Gasteiger partial charge < -0.3 is 10.7 Å². The summed E-state index contributed by atoms with van der Waals surface area (Å²) in [6.07, 6.45) is 1.36. The second-order valence-corrected chi connectivity index (χ2v) is 5.97. The van der Waals surface area contributed by atoms with Gasteiger partial charge >= 0.3 is 0 Å². The van der Waals surface area contributed by atoms with Crippen molar-refractivity contribution in [2.24, 2.45) is 0 Å². The normalized spacial score (nSPS) is 10.6. The maximum Gasteiger partial charge on any atom is 0.0470 e. The summed E-state index contributed by atoms with van der Waals surface area (Å²) >= 11 is 0. The fraction of sp³-hybridized carbons (Fsp3) is 0. The molecule has 0 radical (unpaired) electrons. The zero-order valence-corrected chi connectivity index (χ0v) is 13.7. The van der Waals surface area contributed by atoms with E-state index in [1.807, 2.05) is 30.3 Å². The third-order valence-electron chi connectivity index (χ3n) is 4.35. The summed E-state index contributed by atoms with van der Waals surface area (Å²) in [5.74, 6) is 0. The van der Waals surface area contributed by atoms with Crippen LogP contribution in [-0.2, 0) is 0 Å². The van der Waals surface area contributed by atoms with Gasteiger partial charge in [-0.1, -0.05) is 72.8 Å². The highest BCUT2D eigenvalue weighted by atomic mass is 14.9. The maximum absolute atomic E-state index is 7.33. The first-order valence-electron chi connectivity index (χ1n) is 8.30. The van der Waals surface area contributed by atoms with Crippen LogP contribution in [0.5, 0.6) is 0 Å². The van der Waals surface area contributed by atoms with E-state index in [0.717, 1.165) is 16.9 Å². The zero-order valence-electron chi connectivity index (χ0n) is 13.7. The van der Waals surface area contributed by atoms with Crippen molar-refractivity contribution < 1.29 is 0 Å². The number of nitrogens with one attached hydrogen (secondary N) is 2. The van der Waals surface area contributed by atoms with E-state index in [2.05, 4.69) is 66.0 Å². The summed E-state index contributed by atoms with van der Waals surface area (Å²) in [4.78, 5) is 0. The van der Waals surface area contributed by atoms with Crippen molar-refractivity contribution >= 4 is 28.4 Å². The van der Waals surface area contributed by atoms with Crippen LogP contribution in [0.15, 0.2) is 91.0 Å². The van der Waals surface area contributed by atoms with E-state index in [4.69, 9.17) is 5.41 Å². The molecule has 0 aliphatic rings. The first-order valence-corrected chi connectivity index (χ1v) is 8.30. The molecular weight excluding hydrogens is 304 g/mol. The van der Waals surface area contributed by atoms with E-state index in [9.17, 15) is 0 Å². The van der Waals surface area contributed by atoms with Crippen LogP contribution in [0, 0.1) is 5.41 Å². The van der Waals surface area contributed by atoms with E-state index in [0.29, 0.717) is 0 Å². The van der Waals surface area contributed by atoms with Gasteiger partial charge in [-0.2, -0.15) is 0 Å². The zero-order chi connectivity index (χ0) is 17.1. The van der Waals surface area contributed by atoms with E-state index < -0.39 is 0 Å². The Morgan fingerprint density at radius 3 is 2.16 bits per heavy atom. The SMILES string of the molecule is N=Cc1ccc(Nc2ccc3ccccc3c2-c2ccccc2)cc1. The van der Waals surface area contributed by atoms with E-state index in [1.165, 1.54) is 28.1 Å². The van der Waals surface area contributed by atoms with Crippen LogP contribution in [0.25, 0.3) is 21.9 Å². The van der Waals surface area contributed by atoms with Gasteiger partial charge in [0.1, 0.15) is 0 Å². The first kappa shape index (κ1) is 15.2. The Kier molecular flexibility index (Phi) is 4.01. The smallest absolute Gasteiger partial charge is 0.0470 e. The molecule has 0 bridgehead atoms. The Bertz CT molecular complexity index is 1020. The molecule has 0 saturated heterocycles. The summed E-state index contributed by atoms with van der Waals surface area (Å²) in [6.45, 7) is 0. The maximum atomic E-state index is 7.33. The van der Waals surface area contributed by atoms with E-state index in [1.54, 1.807) is 0 Å².